The van der Waals surface area contributed by atoms with Crippen molar-refractivity contribution in [2.24, 2.45) is 0 Å². The van der Waals surface area contributed by atoms with Crippen molar-refractivity contribution < 1.29 is 38.2 Å². The fourth-order valence-electron chi connectivity index (χ4n) is 3.17. The fraction of sp³-hybridized carbons (Fsp3) is 0.370. The molecule has 0 saturated carbocycles. The van der Waals surface area contributed by atoms with Crippen LogP contribution in [0.2, 0.25) is 0 Å². The Morgan fingerprint density at radius 2 is 1.61 bits per heavy atom. The van der Waals surface area contributed by atoms with Gasteiger partial charge in [-0.3, -0.25) is 14.4 Å². The van der Waals surface area contributed by atoms with Crippen LogP contribution in [0.5, 0.6) is 5.75 Å². The lowest BCUT2D eigenvalue weighted by molar-refractivity contribution is -0.125. The van der Waals surface area contributed by atoms with Crippen molar-refractivity contribution in [1.82, 2.24) is 10.6 Å². The largest absolute Gasteiger partial charge is 0.497 e. The summed E-state index contributed by atoms with van der Waals surface area (Å²) in [5.74, 6) is -1.86. The number of nitrogens with one attached hydrogen (secondary N) is 3. The molecular formula is C27H33N3O8. The fourth-order valence-corrected chi connectivity index (χ4v) is 3.17. The van der Waals surface area contributed by atoms with Gasteiger partial charge in [0.15, 0.2) is 5.78 Å². The van der Waals surface area contributed by atoms with Gasteiger partial charge in [-0.1, -0.05) is 12.1 Å². The highest BCUT2D eigenvalue weighted by Gasteiger charge is 2.28. The maximum absolute atomic E-state index is 13.1. The topological polar surface area (TPSA) is 149 Å². The van der Waals surface area contributed by atoms with Crippen LogP contribution in [-0.4, -0.2) is 61.6 Å². The molecule has 0 aromatic heterocycles. The standard InChI is InChI=1S/C27H33N3O8/c1-6-37-25(34)19-9-7-8-10-20(19)29-24(33)21(30-26(35)38-27(2,3)4)15-23(32)28-16-22(31)17-11-13-18(36-5)14-12-17/h7-14,21H,6,15-16H2,1-5H3,(H,28,32)(H,29,33)(H,30,35). The SMILES string of the molecule is CCOC(=O)c1ccccc1NC(=O)C(CC(=O)NCC(=O)c1ccc(OC)cc1)NC(=O)OC(C)(C)C. The molecule has 3 N–H and O–H groups in total. The van der Waals surface area contributed by atoms with E-state index in [1.54, 1.807) is 64.1 Å². The van der Waals surface area contributed by atoms with Crippen molar-refractivity contribution in [1.29, 1.82) is 0 Å². The third-order valence-electron chi connectivity index (χ3n) is 4.94. The second-order valence-corrected chi connectivity index (χ2v) is 9.09. The summed E-state index contributed by atoms with van der Waals surface area (Å²) in [7, 11) is 1.50. The molecule has 1 unspecified atom stereocenters. The molecule has 11 nitrogen and oxygen atoms in total. The molecule has 0 radical (unpaired) electrons. The molecule has 1 atom stereocenters. The number of ketones is 1. The van der Waals surface area contributed by atoms with E-state index in [0.29, 0.717) is 11.3 Å². The highest BCUT2D eigenvalue weighted by Crippen LogP contribution is 2.17. The van der Waals surface area contributed by atoms with Gasteiger partial charge in [-0.15, -0.1) is 0 Å². The van der Waals surface area contributed by atoms with Crippen molar-refractivity contribution in [3.63, 3.8) is 0 Å². The average Bonchev–Trinajstić information content (AvgIpc) is 2.86. The normalized spacial score (nSPS) is 11.5. The Morgan fingerprint density at radius 3 is 2.21 bits per heavy atom. The Bertz CT molecular complexity index is 1160. The number of para-hydroxylation sites is 1. The molecule has 0 aliphatic rings. The number of carbonyl (C=O) groups excluding carboxylic acids is 5. The zero-order valence-corrected chi connectivity index (χ0v) is 22.1. The molecule has 0 spiro atoms. The first-order valence-corrected chi connectivity index (χ1v) is 11.9. The first kappa shape index (κ1) is 29.8. The Labute approximate surface area is 221 Å². The van der Waals surface area contributed by atoms with E-state index in [2.05, 4.69) is 16.0 Å². The summed E-state index contributed by atoms with van der Waals surface area (Å²) >= 11 is 0. The van der Waals surface area contributed by atoms with Crippen molar-refractivity contribution in [2.45, 2.75) is 45.8 Å². The van der Waals surface area contributed by atoms with Gasteiger partial charge in [0.25, 0.3) is 0 Å². The van der Waals surface area contributed by atoms with E-state index < -0.39 is 41.9 Å². The highest BCUT2D eigenvalue weighted by atomic mass is 16.6. The number of benzene rings is 2. The number of rotatable bonds is 11. The number of hydrogen-bond acceptors (Lipinski definition) is 8. The summed E-state index contributed by atoms with van der Waals surface area (Å²) < 4.78 is 15.3. The minimum Gasteiger partial charge on any atom is -0.497 e. The van der Waals surface area contributed by atoms with E-state index in [1.807, 2.05) is 0 Å². The average molecular weight is 528 g/mol. The molecule has 2 aromatic carbocycles. The van der Waals surface area contributed by atoms with E-state index >= 15 is 0 Å². The van der Waals surface area contributed by atoms with Crippen LogP contribution in [-0.2, 0) is 19.1 Å². The summed E-state index contributed by atoms with van der Waals surface area (Å²) in [5.41, 5.74) is -0.243. The zero-order valence-electron chi connectivity index (χ0n) is 22.1. The summed E-state index contributed by atoms with van der Waals surface area (Å²) in [4.78, 5) is 62.8. The van der Waals surface area contributed by atoms with E-state index in [9.17, 15) is 24.0 Å². The highest BCUT2D eigenvalue weighted by molar-refractivity contribution is 6.05. The second-order valence-electron chi connectivity index (χ2n) is 9.09. The number of carbonyl (C=O) groups is 5. The molecular weight excluding hydrogens is 494 g/mol. The van der Waals surface area contributed by atoms with E-state index in [4.69, 9.17) is 14.2 Å². The van der Waals surface area contributed by atoms with Gasteiger partial charge in [0.2, 0.25) is 11.8 Å². The van der Waals surface area contributed by atoms with Crippen LogP contribution in [0.3, 0.4) is 0 Å². The van der Waals surface area contributed by atoms with Gasteiger partial charge in [-0.25, -0.2) is 9.59 Å². The van der Waals surface area contributed by atoms with Crippen molar-refractivity contribution >= 4 is 35.3 Å². The molecule has 0 saturated heterocycles. The van der Waals surface area contributed by atoms with Crippen LogP contribution < -0.4 is 20.7 Å². The summed E-state index contributed by atoms with van der Waals surface area (Å²) in [5, 5.41) is 7.40. The number of amides is 3. The lowest BCUT2D eigenvalue weighted by Gasteiger charge is -2.23. The molecule has 0 bridgehead atoms. The smallest absolute Gasteiger partial charge is 0.408 e. The number of esters is 1. The summed E-state index contributed by atoms with van der Waals surface area (Å²) in [6.45, 7) is 6.41. The monoisotopic (exact) mass is 527 g/mol. The van der Waals surface area contributed by atoms with Gasteiger partial charge in [0.1, 0.15) is 17.4 Å². The number of hydrogen-bond donors (Lipinski definition) is 3. The molecule has 0 aliphatic carbocycles. The second kappa shape index (κ2) is 13.8. The number of Topliss-reactive ketones (excluding diaryl/α,β-unsaturated/α-hetero) is 1. The molecule has 11 heteroatoms. The Hall–Kier alpha value is -4.41. The molecule has 38 heavy (non-hydrogen) atoms. The van der Waals surface area contributed by atoms with Gasteiger partial charge in [0, 0.05) is 5.56 Å². The van der Waals surface area contributed by atoms with Gasteiger partial charge in [-0.05, 0) is 64.1 Å². The minimum atomic E-state index is -1.38. The lowest BCUT2D eigenvalue weighted by atomic mass is 10.1. The quantitative estimate of drug-likeness (QED) is 0.298. The summed E-state index contributed by atoms with van der Waals surface area (Å²) in [6, 6.07) is 11.2. The zero-order chi connectivity index (χ0) is 28.3. The van der Waals surface area contributed by atoms with Crippen LogP contribution >= 0.6 is 0 Å². The molecule has 0 fully saturated rings. The van der Waals surface area contributed by atoms with Gasteiger partial charge < -0.3 is 30.2 Å². The third-order valence-corrected chi connectivity index (χ3v) is 4.94. The number of anilines is 1. The maximum atomic E-state index is 13.1. The molecule has 0 heterocycles. The van der Waals surface area contributed by atoms with Gasteiger partial charge >= 0.3 is 12.1 Å². The third kappa shape index (κ3) is 9.57. The predicted molar refractivity (Wildman–Crippen MR) is 139 cm³/mol. The number of ether oxygens (including phenoxy) is 3. The van der Waals surface area contributed by atoms with Crippen LogP contribution in [0.1, 0.15) is 54.8 Å². The number of alkyl carbamates (subject to hydrolysis) is 1. The predicted octanol–water partition coefficient (Wildman–Crippen LogP) is 3.09. The first-order chi connectivity index (χ1) is 17.9. The van der Waals surface area contributed by atoms with E-state index in [-0.39, 0.29) is 30.2 Å². The van der Waals surface area contributed by atoms with Crippen LogP contribution in [0, 0.1) is 0 Å². The van der Waals surface area contributed by atoms with Crippen molar-refractivity contribution in [3.8, 4) is 5.75 Å². The Morgan fingerprint density at radius 1 is 0.947 bits per heavy atom. The van der Waals surface area contributed by atoms with Crippen LogP contribution in [0.15, 0.2) is 48.5 Å². The Kier molecular flexibility index (Phi) is 10.8. The van der Waals surface area contributed by atoms with Gasteiger partial charge in [0.05, 0.1) is 37.9 Å². The van der Waals surface area contributed by atoms with Crippen LogP contribution in [0.4, 0.5) is 10.5 Å². The maximum Gasteiger partial charge on any atom is 0.408 e. The molecule has 2 aromatic rings. The molecule has 204 valence electrons. The van der Waals surface area contributed by atoms with E-state index in [1.165, 1.54) is 19.2 Å². The van der Waals surface area contributed by atoms with Crippen LogP contribution in [0.25, 0.3) is 0 Å². The van der Waals surface area contributed by atoms with Crippen molar-refractivity contribution in [2.75, 3.05) is 25.6 Å². The lowest BCUT2D eigenvalue weighted by Crippen LogP contribution is -2.48. The molecule has 2 rings (SSSR count). The summed E-state index contributed by atoms with van der Waals surface area (Å²) in [6.07, 6.45) is -1.42. The first-order valence-electron chi connectivity index (χ1n) is 11.9. The Balaban J connectivity index is 2.13. The minimum absolute atomic E-state index is 0.105. The number of methoxy groups -OCH3 is 1. The van der Waals surface area contributed by atoms with Crippen molar-refractivity contribution in [3.05, 3.63) is 59.7 Å². The molecule has 0 aliphatic heterocycles. The van der Waals surface area contributed by atoms with E-state index in [0.717, 1.165) is 0 Å². The molecule has 3 amide bonds. The van der Waals surface area contributed by atoms with Gasteiger partial charge in [-0.2, -0.15) is 0 Å².